The van der Waals surface area contributed by atoms with Crippen LogP contribution in [-0.4, -0.2) is 27.2 Å². The Morgan fingerprint density at radius 2 is 1.75 bits per heavy atom. The molecule has 1 aliphatic carbocycles. The van der Waals surface area contributed by atoms with Crippen LogP contribution >= 0.6 is 0 Å². The molecule has 4 rings (SSSR count). The normalized spacial score (nSPS) is 17.1. The number of amides is 1. The number of rotatable bonds is 4. The Balaban J connectivity index is 1.56. The molecular weight excluding hydrogens is 380 g/mol. The van der Waals surface area contributed by atoms with E-state index in [0.29, 0.717) is 28.3 Å². The zero-order valence-electron chi connectivity index (χ0n) is 15.7. The van der Waals surface area contributed by atoms with E-state index in [1.54, 1.807) is 31.2 Å². The molecule has 2 aromatic rings. The van der Waals surface area contributed by atoms with Crippen LogP contribution < -0.4 is 19.5 Å². The van der Waals surface area contributed by atoms with Crippen molar-refractivity contribution in [1.29, 1.82) is 0 Å². The monoisotopic (exact) mass is 402 g/mol. The zero-order chi connectivity index (χ0) is 19.9. The molecule has 0 saturated heterocycles. The summed E-state index contributed by atoms with van der Waals surface area (Å²) >= 11 is 0. The molecule has 1 saturated carbocycles. The Kier molecular flexibility index (Phi) is 4.55. The van der Waals surface area contributed by atoms with E-state index in [0.717, 1.165) is 25.7 Å². The first-order valence-corrected chi connectivity index (χ1v) is 10.7. The number of ether oxygens (including phenoxy) is 2. The number of nitrogens with one attached hydrogen (secondary N) is 2. The molecule has 0 unspecified atom stereocenters. The zero-order valence-corrected chi connectivity index (χ0v) is 16.6. The second-order valence-corrected chi connectivity index (χ2v) is 9.01. The minimum absolute atomic E-state index is 0.0413. The predicted octanol–water partition coefficient (Wildman–Crippen LogP) is 3.20. The molecule has 1 spiro atoms. The lowest BCUT2D eigenvalue weighted by molar-refractivity contribution is -0.0716. The van der Waals surface area contributed by atoms with E-state index in [1.807, 2.05) is 0 Å². The summed E-state index contributed by atoms with van der Waals surface area (Å²) in [4.78, 5) is 12.8. The summed E-state index contributed by atoms with van der Waals surface area (Å²) in [5, 5.41) is 2.81. The van der Waals surface area contributed by atoms with Gasteiger partial charge in [-0.1, -0.05) is 6.07 Å². The summed E-state index contributed by atoms with van der Waals surface area (Å²) in [5.74, 6) is 0.346. The molecule has 2 N–H and O–H groups in total. The highest BCUT2D eigenvalue weighted by Gasteiger charge is 2.44. The van der Waals surface area contributed by atoms with Crippen molar-refractivity contribution in [2.45, 2.75) is 43.3 Å². The van der Waals surface area contributed by atoms with Gasteiger partial charge in [-0.25, -0.2) is 13.1 Å². The van der Waals surface area contributed by atoms with Gasteiger partial charge in [-0.05, 0) is 56.6 Å². The fourth-order valence-corrected chi connectivity index (χ4v) is 4.37. The van der Waals surface area contributed by atoms with Crippen molar-refractivity contribution < 1.29 is 22.7 Å². The van der Waals surface area contributed by atoms with Crippen molar-refractivity contribution in [3.8, 4) is 11.5 Å². The number of hydrogen-bond acceptors (Lipinski definition) is 5. The summed E-state index contributed by atoms with van der Waals surface area (Å²) in [5.41, 5.74) is 1.53. The molecule has 7 nitrogen and oxygen atoms in total. The van der Waals surface area contributed by atoms with Gasteiger partial charge in [0.25, 0.3) is 11.7 Å². The van der Waals surface area contributed by atoms with Crippen molar-refractivity contribution >= 4 is 21.6 Å². The quantitative estimate of drug-likeness (QED) is 0.819. The van der Waals surface area contributed by atoms with E-state index in [-0.39, 0.29) is 10.8 Å². The largest absolute Gasteiger partial charge is 0.448 e. The van der Waals surface area contributed by atoms with Crippen LogP contribution in [-0.2, 0) is 10.0 Å². The third kappa shape index (κ3) is 3.33. The third-order valence-corrected chi connectivity index (χ3v) is 6.60. The highest BCUT2D eigenvalue weighted by molar-refractivity contribution is 7.89. The molecule has 2 aliphatic rings. The number of sulfonamides is 1. The summed E-state index contributed by atoms with van der Waals surface area (Å²) in [7, 11) is -2.30. The minimum atomic E-state index is -3.63. The highest BCUT2D eigenvalue weighted by Crippen LogP contribution is 2.47. The van der Waals surface area contributed by atoms with Gasteiger partial charge in [-0.15, -0.1) is 0 Å². The SMILES string of the molecule is CNS(=O)(=O)c1ccc(C)c(C(=O)Nc2ccc3c(c2)OC2(CCCC2)O3)c1. The molecule has 1 heterocycles. The number of anilines is 1. The number of benzene rings is 2. The van der Waals surface area contributed by atoms with Crippen LogP contribution in [0.25, 0.3) is 0 Å². The number of fused-ring (bicyclic) bond motifs is 1. The highest BCUT2D eigenvalue weighted by atomic mass is 32.2. The van der Waals surface area contributed by atoms with Gasteiger partial charge in [-0.3, -0.25) is 4.79 Å². The Morgan fingerprint density at radius 3 is 2.46 bits per heavy atom. The maximum atomic E-state index is 12.8. The van der Waals surface area contributed by atoms with Crippen molar-refractivity contribution in [2.24, 2.45) is 0 Å². The van der Waals surface area contributed by atoms with Crippen molar-refractivity contribution in [3.63, 3.8) is 0 Å². The van der Waals surface area contributed by atoms with Gasteiger partial charge >= 0.3 is 0 Å². The van der Waals surface area contributed by atoms with E-state index >= 15 is 0 Å². The molecule has 0 atom stereocenters. The van der Waals surface area contributed by atoms with Gasteiger partial charge < -0.3 is 14.8 Å². The molecule has 1 amide bonds. The fraction of sp³-hybridized carbons (Fsp3) is 0.350. The lowest BCUT2D eigenvalue weighted by atomic mass is 10.1. The van der Waals surface area contributed by atoms with E-state index in [1.165, 1.54) is 19.2 Å². The summed E-state index contributed by atoms with van der Waals surface area (Å²) < 4.78 is 38.3. The Hall–Kier alpha value is -2.58. The topological polar surface area (TPSA) is 93.7 Å². The lowest BCUT2D eigenvalue weighted by Crippen LogP contribution is -2.34. The molecule has 2 aromatic carbocycles. The maximum absolute atomic E-state index is 12.8. The van der Waals surface area contributed by atoms with E-state index in [9.17, 15) is 13.2 Å². The molecule has 28 heavy (non-hydrogen) atoms. The second kappa shape index (κ2) is 6.79. The molecule has 8 heteroatoms. The first-order chi connectivity index (χ1) is 13.3. The second-order valence-electron chi connectivity index (χ2n) is 7.12. The van der Waals surface area contributed by atoms with Gasteiger partial charge in [0.15, 0.2) is 11.5 Å². The number of aryl methyl sites for hydroxylation is 1. The fourth-order valence-electron chi connectivity index (χ4n) is 3.62. The Morgan fingerprint density at radius 1 is 1.04 bits per heavy atom. The number of carbonyl (C=O) groups is 1. The molecule has 0 radical (unpaired) electrons. The standard InChI is InChI=1S/C20H22N2O5S/c1-13-5-7-15(28(24,25)21-2)12-16(13)19(23)22-14-6-8-17-18(11-14)27-20(26-17)9-3-4-10-20/h5-8,11-12,21H,3-4,9-10H2,1-2H3,(H,22,23). The summed E-state index contributed by atoms with van der Waals surface area (Å²) in [6.07, 6.45) is 3.86. The van der Waals surface area contributed by atoms with Crippen LogP contribution in [0.5, 0.6) is 11.5 Å². The minimum Gasteiger partial charge on any atom is -0.448 e. The van der Waals surface area contributed by atoms with Crippen LogP contribution in [0.15, 0.2) is 41.3 Å². The van der Waals surface area contributed by atoms with E-state index in [2.05, 4.69) is 10.0 Å². The Labute approximate surface area is 164 Å². The van der Waals surface area contributed by atoms with E-state index < -0.39 is 15.8 Å². The summed E-state index contributed by atoms with van der Waals surface area (Å²) in [6.45, 7) is 1.76. The molecule has 148 valence electrons. The van der Waals surface area contributed by atoms with Crippen molar-refractivity contribution in [2.75, 3.05) is 12.4 Å². The molecule has 0 aromatic heterocycles. The average Bonchev–Trinajstić information content (AvgIpc) is 3.27. The van der Waals surface area contributed by atoms with Crippen LogP contribution in [0.4, 0.5) is 5.69 Å². The van der Waals surface area contributed by atoms with Crippen LogP contribution in [0, 0.1) is 6.92 Å². The molecule has 0 bridgehead atoms. The van der Waals surface area contributed by atoms with Crippen molar-refractivity contribution in [3.05, 3.63) is 47.5 Å². The van der Waals surface area contributed by atoms with Gasteiger partial charge in [0, 0.05) is 30.2 Å². The molecule has 1 fully saturated rings. The average molecular weight is 402 g/mol. The smallest absolute Gasteiger partial charge is 0.255 e. The van der Waals surface area contributed by atoms with Gasteiger partial charge in [0.1, 0.15) is 0 Å². The Bertz CT molecular complexity index is 1040. The predicted molar refractivity (Wildman–Crippen MR) is 104 cm³/mol. The van der Waals surface area contributed by atoms with Crippen LogP contribution in [0.1, 0.15) is 41.6 Å². The third-order valence-electron chi connectivity index (χ3n) is 5.19. The van der Waals surface area contributed by atoms with Crippen LogP contribution in [0.3, 0.4) is 0 Å². The lowest BCUT2D eigenvalue weighted by Gasteiger charge is -2.21. The first-order valence-electron chi connectivity index (χ1n) is 9.20. The first kappa shape index (κ1) is 18.8. The van der Waals surface area contributed by atoms with Gasteiger partial charge in [0.2, 0.25) is 10.0 Å². The van der Waals surface area contributed by atoms with Gasteiger partial charge in [0.05, 0.1) is 4.90 Å². The molecular formula is C20H22N2O5S. The van der Waals surface area contributed by atoms with E-state index in [4.69, 9.17) is 9.47 Å². The molecule has 1 aliphatic heterocycles. The van der Waals surface area contributed by atoms with Crippen LogP contribution in [0.2, 0.25) is 0 Å². The maximum Gasteiger partial charge on any atom is 0.255 e. The number of hydrogen-bond donors (Lipinski definition) is 2. The number of carbonyl (C=O) groups excluding carboxylic acids is 1. The van der Waals surface area contributed by atoms with Crippen molar-refractivity contribution in [1.82, 2.24) is 4.72 Å². The van der Waals surface area contributed by atoms with Gasteiger partial charge in [-0.2, -0.15) is 0 Å². The summed E-state index contributed by atoms with van der Waals surface area (Å²) in [6, 6.07) is 9.73.